The number of hydrogen-bond donors (Lipinski definition) is 2. The van der Waals surface area contributed by atoms with Crippen molar-refractivity contribution in [3.8, 4) is 11.3 Å². The largest absolute Gasteiger partial charge is 0.326 e. The number of carbonyl (C=O) groups excluding carboxylic acids is 3. The summed E-state index contributed by atoms with van der Waals surface area (Å²) in [7, 11) is 0. The van der Waals surface area contributed by atoms with Gasteiger partial charge in [0.2, 0.25) is 17.7 Å². The van der Waals surface area contributed by atoms with E-state index in [1.54, 1.807) is 16.3 Å². The van der Waals surface area contributed by atoms with E-state index in [4.69, 9.17) is 0 Å². The Balaban J connectivity index is 1.38. The summed E-state index contributed by atoms with van der Waals surface area (Å²) >= 11 is 2.67. The lowest BCUT2D eigenvalue weighted by Gasteiger charge is -2.28. The van der Waals surface area contributed by atoms with Gasteiger partial charge in [-0.25, -0.2) is 9.37 Å². The number of thiazole rings is 1. The van der Waals surface area contributed by atoms with E-state index < -0.39 is 5.82 Å². The summed E-state index contributed by atoms with van der Waals surface area (Å²) in [4.78, 5) is 42.8. The second-order valence-electron chi connectivity index (χ2n) is 7.01. The molecule has 0 atom stereocenters. The van der Waals surface area contributed by atoms with Crippen molar-refractivity contribution in [2.75, 3.05) is 27.8 Å². The standard InChI is InChI=1S/C22H19FN4O3S2/c1-13(28)24-14-6-7-15(16(23)10-14)17-11-32-22(25-17)26-20(29)8-9-27-18-4-2-3-5-19(18)31-12-21(27)30/h2-7,10-11H,8-9,12H2,1H3,(H,24,28)(H,25,26,29). The minimum atomic E-state index is -0.528. The number of nitrogens with zero attached hydrogens (tertiary/aromatic N) is 2. The summed E-state index contributed by atoms with van der Waals surface area (Å²) < 4.78 is 14.4. The van der Waals surface area contributed by atoms with Crippen LogP contribution in [0.2, 0.25) is 0 Å². The smallest absolute Gasteiger partial charge is 0.237 e. The molecule has 3 amide bonds. The molecule has 0 spiro atoms. The number of carbonyl (C=O) groups is 3. The molecule has 2 heterocycles. The number of rotatable bonds is 6. The quantitative estimate of drug-likeness (QED) is 0.558. The molecule has 1 aromatic heterocycles. The first-order valence-corrected chi connectivity index (χ1v) is 11.6. The fraction of sp³-hybridized carbons (Fsp3) is 0.182. The third-order valence-corrected chi connectivity index (χ3v) is 6.49. The minimum Gasteiger partial charge on any atom is -0.326 e. The fourth-order valence-electron chi connectivity index (χ4n) is 3.25. The molecular weight excluding hydrogens is 451 g/mol. The summed E-state index contributed by atoms with van der Waals surface area (Å²) in [6, 6.07) is 11.9. The number of thioether (sulfide) groups is 1. The van der Waals surface area contributed by atoms with E-state index in [-0.39, 0.29) is 36.3 Å². The molecule has 0 aliphatic carbocycles. The first-order valence-electron chi connectivity index (χ1n) is 9.76. The van der Waals surface area contributed by atoms with Crippen LogP contribution in [0.1, 0.15) is 13.3 Å². The Morgan fingerprint density at radius 3 is 2.78 bits per heavy atom. The number of fused-ring (bicyclic) bond motifs is 1. The van der Waals surface area contributed by atoms with Gasteiger partial charge in [-0.15, -0.1) is 23.1 Å². The zero-order valence-electron chi connectivity index (χ0n) is 17.1. The second kappa shape index (κ2) is 9.49. The highest BCUT2D eigenvalue weighted by molar-refractivity contribution is 8.00. The topological polar surface area (TPSA) is 91.4 Å². The van der Waals surface area contributed by atoms with E-state index in [0.29, 0.717) is 22.3 Å². The van der Waals surface area contributed by atoms with Gasteiger partial charge in [0.05, 0.1) is 17.1 Å². The SMILES string of the molecule is CC(=O)Nc1ccc(-c2csc(NC(=O)CCN3C(=O)CSc4ccccc43)n2)c(F)c1. The molecule has 164 valence electrons. The van der Waals surface area contributed by atoms with Gasteiger partial charge < -0.3 is 15.5 Å². The van der Waals surface area contributed by atoms with E-state index >= 15 is 0 Å². The maximum Gasteiger partial charge on any atom is 0.237 e. The van der Waals surface area contributed by atoms with Gasteiger partial charge in [-0.2, -0.15) is 0 Å². The first-order chi connectivity index (χ1) is 15.4. The predicted octanol–water partition coefficient (Wildman–Crippen LogP) is 4.38. The Labute approximate surface area is 192 Å². The highest BCUT2D eigenvalue weighted by Gasteiger charge is 2.24. The summed E-state index contributed by atoms with van der Waals surface area (Å²) in [5, 5.41) is 7.23. The molecule has 4 rings (SSSR count). The third kappa shape index (κ3) is 4.97. The molecule has 0 saturated carbocycles. The van der Waals surface area contributed by atoms with Gasteiger partial charge in [-0.1, -0.05) is 12.1 Å². The molecule has 7 nitrogen and oxygen atoms in total. The normalized spacial score (nSPS) is 12.9. The average molecular weight is 471 g/mol. The first kappa shape index (κ1) is 22.0. The van der Waals surface area contributed by atoms with Gasteiger partial charge in [0, 0.05) is 41.4 Å². The van der Waals surface area contributed by atoms with Gasteiger partial charge >= 0.3 is 0 Å². The molecular formula is C22H19FN4O3S2. The van der Waals surface area contributed by atoms with Gasteiger partial charge in [0.25, 0.3) is 0 Å². The molecule has 1 aliphatic heterocycles. The molecule has 2 aromatic carbocycles. The van der Waals surface area contributed by atoms with Crippen LogP contribution >= 0.6 is 23.1 Å². The van der Waals surface area contributed by atoms with Gasteiger partial charge in [-0.05, 0) is 30.3 Å². The molecule has 1 aliphatic rings. The number of nitrogens with one attached hydrogen (secondary N) is 2. The zero-order valence-corrected chi connectivity index (χ0v) is 18.7. The number of halogens is 1. The second-order valence-corrected chi connectivity index (χ2v) is 8.89. The molecule has 32 heavy (non-hydrogen) atoms. The Morgan fingerprint density at radius 2 is 2.00 bits per heavy atom. The maximum atomic E-state index is 14.4. The van der Waals surface area contributed by atoms with Gasteiger partial charge in [0.1, 0.15) is 5.82 Å². The van der Waals surface area contributed by atoms with Crippen molar-refractivity contribution in [1.82, 2.24) is 4.98 Å². The molecule has 10 heteroatoms. The molecule has 2 N–H and O–H groups in total. The number of aromatic nitrogens is 1. The fourth-order valence-corrected chi connectivity index (χ4v) is 4.92. The maximum absolute atomic E-state index is 14.4. The van der Waals surface area contributed by atoms with E-state index in [1.165, 1.54) is 42.2 Å². The third-order valence-electron chi connectivity index (χ3n) is 4.69. The van der Waals surface area contributed by atoms with Gasteiger partial charge in [-0.3, -0.25) is 14.4 Å². The van der Waals surface area contributed by atoms with Crippen LogP contribution in [0, 0.1) is 5.82 Å². The lowest BCUT2D eigenvalue weighted by molar-refractivity contribution is -0.117. The van der Waals surface area contributed by atoms with Crippen molar-refractivity contribution in [1.29, 1.82) is 0 Å². The Bertz CT molecular complexity index is 1200. The molecule has 0 radical (unpaired) electrons. The van der Waals surface area contributed by atoms with E-state index in [1.807, 2.05) is 24.3 Å². The number of amides is 3. The van der Waals surface area contributed by atoms with Crippen molar-refractivity contribution >= 4 is 57.3 Å². The molecule has 0 saturated heterocycles. The van der Waals surface area contributed by atoms with Crippen molar-refractivity contribution in [2.24, 2.45) is 0 Å². The summed E-state index contributed by atoms with van der Waals surface area (Å²) in [6.45, 7) is 1.61. The highest BCUT2D eigenvalue weighted by Crippen LogP contribution is 2.35. The Hall–Kier alpha value is -3.24. The predicted molar refractivity (Wildman–Crippen MR) is 125 cm³/mol. The summed E-state index contributed by atoms with van der Waals surface area (Å²) in [5.74, 6) is -0.781. The summed E-state index contributed by atoms with van der Waals surface area (Å²) in [6.07, 6.45) is 0.111. The van der Waals surface area contributed by atoms with Crippen molar-refractivity contribution in [3.63, 3.8) is 0 Å². The van der Waals surface area contributed by atoms with Gasteiger partial charge in [0.15, 0.2) is 5.13 Å². The number of hydrogen-bond acceptors (Lipinski definition) is 6. The van der Waals surface area contributed by atoms with E-state index in [0.717, 1.165) is 10.6 Å². The van der Waals surface area contributed by atoms with Crippen LogP contribution in [0.5, 0.6) is 0 Å². The highest BCUT2D eigenvalue weighted by atomic mass is 32.2. The summed E-state index contributed by atoms with van der Waals surface area (Å²) in [5.41, 5.74) is 1.82. The average Bonchev–Trinajstić information content (AvgIpc) is 3.20. The van der Waals surface area contributed by atoms with Crippen LogP contribution in [0.25, 0.3) is 11.3 Å². The van der Waals surface area contributed by atoms with E-state index in [2.05, 4.69) is 15.6 Å². The molecule has 0 unspecified atom stereocenters. The van der Waals surface area contributed by atoms with Crippen LogP contribution in [0.15, 0.2) is 52.7 Å². The monoisotopic (exact) mass is 470 g/mol. The molecule has 0 bridgehead atoms. The lowest BCUT2D eigenvalue weighted by Crippen LogP contribution is -2.37. The Morgan fingerprint density at radius 1 is 1.19 bits per heavy atom. The van der Waals surface area contributed by atoms with Crippen LogP contribution in [0.3, 0.4) is 0 Å². The van der Waals surface area contributed by atoms with E-state index in [9.17, 15) is 18.8 Å². The zero-order chi connectivity index (χ0) is 22.7. The van der Waals surface area contributed by atoms with Crippen LogP contribution in [0.4, 0.5) is 20.9 Å². The number of para-hydroxylation sites is 1. The Kier molecular flexibility index (Phi) is 6.52. The lowest BCUT2D eigenvalue weighted by atomic mass is 10.1. The van der Waals surface area contributed by atoms with Crippen molar-refractivity contribution < 1.29 is 18.8 Å². The van der Waals surface area contributed by atoms with Crippen molar-refractivity contribution in [2.45, 2.75) is 18.2 Å². The van der Waals surface area contributed by atoms with Crippen LogP contribution in [-0.2, 0) is 14.4 Å². The van der Waals surface area contributed by atoms with Crippen LogP contribution < -0.4 is 15.5 Å². The minimum absolute atomic E-state index is 0.0313. The molecule has 3 aromatic rings. The number of benzene rings is 2. The van der Waals surface area contributed by atoms with Crippen LogP contribution in [-0.4, -0.2) is 35.0 Å². The van der Waals surface area contributed by atoms with Crippen molar-refractivity contribution in [3.05, 3.63) is 53.7 Å². The molecule has 0 fully saturated rings. The number of anilines is 3.